The lowest BCUT2D eigenvalue weighted by atomic mass is 10.2. The minimum absolute atomic E-state index is 0.884. The Bertz CT molecular complexity index is 32.7. The molecule has 1 heteroatoms. The van der Waals surface area contributed by atoms with E-state index in [0.717, 1.165) is 5.92 Å². The number of hydrogen-bond donors (Lipinski definition) is 1. The van der Waals surface area contributed by atoms with Gasteiger partial charge < -0.3 is 5.73 Å². The van der Waals surface area contributed by atoms with Gasteiger partial charge >= 0.3 is 0 Å². The number of nitrogens with two attached hydrogens (primary N) is 1. The zero-order valence-electron chi connectivity index (χ0n) is 17.3. The highest BCUT2D eigenvalue weighted by Gasteiger charge is 1.80. The molecule has 0 unspecified atom stereocenters. The van der Waals surface area contributed by atoms with Gasteiger partial charge in [-0.2, -0.15) is 0 Å². The summed E-state index contributed by atoms with van der Waals surface area (Å²) < 4.78 is 0. The summed E-state index contributed by atoms with van der Waals surface area (Å²) in [6.07, 6.45) is 3.94. The highest BCUT2D eigenvalue weighted by Crippen LogP contribution is 1.93. The normalized spacial score (nSPS) is 5.68. The summed E-state index contributed by atoms with van der Waals surface area (Å²) in [5, 5.41) is 0. The molecule has 0 saturated carbocycles. The predicted molar refractivity (Wildman–Crippen MR) is 101 cm³/mol. The summed E-state index contributed by atoms with van der Waals surface area (Å²) in [4.78, 5) is 0. The van der Waals surface area contributed by atoms with Gasteiger partial charge in [0.05, 0.1) is 0 Å². The lowest BCUT2D eigenvalue weighted by molar-refractivity contribution is 0.626. The molecule has 0 radical (unpaired) electrons. The van der Waals surface area contributed by atoms with Crippen LogP contribution in [-0.2, 0) is 0 Å². The van der Waals surface area contributed by atoms with E-state index in [1.807, 2.05) is 55.4 Å². The van der Waals surface area contributed by atoms with Crippen LogP contribution in [0.1, 0.15) is 109 Å². The maximum Gasteiger partial charge on any atom is -0.0195 e. The van der Waals surface area contributed by atoms with Crippen molar-refractivity contribution >= 4 is 0 Å². The van der Waals surface area contributed by atoms with Crippen LogP contribution in [0.15, 0.2) is 0 Å². The minimum Gasteiger partial charge on any atom is -0.333 e. The fourth-order valence-electron chi connectivity index (χ4n) is 0. The van der Waals surface area contributed by atoms with Gasteiger partial charge in [-0.25, -0.2) is 0 Å². The first-order chi connectivity index (χ1) is 9.18. The average Bonchev–Trinajstić information content (AvgIpc) is 2.57. The molecule has 0 rings (SSSR count). The molecule has 1 nitrogen and oxygen atoms in total. The molecule has 19 heavy (non-hydrogen) atoms. The highest BCUT2D eigenvalue weighted by molar-refractivity contribution is 4.32. The van der Waals surface area contributed by atoms with Crippen molar-refractivity contribution in [2.24, 2.45) is 11.7 Å². The van der Waals surface area contributed by atoms with Gasteiger partial charge in [-0.1, -0.05) is 109 Å². The molecule has 0 saturated heterocycles. The van der Waals surface area contributed by atoms with Gasteiger partial charge in [0, 0.05) is 0 Å². The van der Waals surface area contributed by atoms with Gasteiger partial charge in [0.25, 0.3) is 0 Å². The van der Waals surface area contributed by atoms with Crippen molar-refractivity contribution in [2.45, 2.75) is 109 Å². The summed E-state index contributed by atoms with van der Waals surface area (Å²) in [7, 11) is 1.50. The predicted octanol–water partition coefficient (Wildman–Crippen LogP) is 7.54. The fourth-order valence-corrected chi connectivity index (χ4v) is 0. The second kappa shape index (κ2) is 145. The van der Waals surface area contributed by atoms with Crippen molar-refractivity contribution < 1.29 is 0 Å². The van der Waals surface area contributed by atoms with E-state index in [1.54, 1.807) is 0 Å². The molecule has 128 valence electrons. The maximum atomic E-state index is 4.50. The smallest absolute Gasteiger partial charge is 0.0195 e. The standard InChI is InChI=1S/C5H12.C4H10.4C2H6.CH5N/c1-4-5(2)3;1-3-4-2;5*1-2/h5H,4H2,1-3H3;3-4H2,1-2H3;4*1-2H3;2H2,1H3. The number of rotatable bonds is 2. The van der Waals surface area contributed by atoms with E-state index in [1.165, 1.54) is 26.3 Å². The Labute approximate surface area is 128 Å². The Morgan fingerprint density at radius 2 is 0.684 bits per heavy atom. The Hall–Kier alpha value is -0.0400. The summed E-state index contributed by atoms with van der Waals surface area (Å²) in [6, 6.07) is 0. The first-order valence-corrected chi connectivity index (χ1v) is 8.76. The molecule has 0 fully saturated rings. The van der Waals surface area contributed by atoms with E-state index >= 15 is 0 Å². The third-order valence-electron chi connectivity index (χ3n) is 1.32. The summed E-state index contributed by atoms with van der Waals surface area (Å²) in [5.41, 5.74) is 4.50. The second-order valence-electron chi connectivity index (χ2n) is 2.80. The molecule has 0 aliphatic rings. The van der Waals surface area contributed by atoms with E-state index in [-0.39, 0.29) is 0 Å². The molecule has 0 amide bonds. The van der Waals surface area contributed by atoms with E-state index in [9.17, 15) is 0 Å². The van der Waals surface area contributed by atoms with Crippen molar-refractivity contribution in [3.05, 3.63) is 0 Å². The molecule has 0 spiro atoms. The van der Waals surface area contributed by atoms with E-state index in [2.05, 4.69) is 40.4 Å². The van der Waals surface area contributed by atoms with Crippen LogP contribution in [-0.4, -0.2) is 7.05 Å². The molecule has 0 aromatic carbocycles. The lowest BCUT2D eigenvalue weighted by Crippen LogP contribution is -1.77. The zero-order valence-corrected chi connectivity index (χ0v) is 17.3. The molecule has 0 atom stereocenters. The van der Waals surface area contributed by atoms with Gasteiger partial charge in [-0.3, -0.25) is 0 Å². The van der Waals surface area contributed by atoms with Crippen molar-refractivity contribution in [1.29, 1.82) is 0 Å². The van der Waals surface area contributed by atoms with Crippen molar-refractivity contribution in [3.63, 3.8) is 0 Å². The second-order valence-corrected chi connectivity index (χ2v) is 2.80. The zero-order chi connectivity index (χ0) is 17.7. The minimum atomic E-state index is 0.884. The molecule has 0 heterocycles. The molecular formula is C18H51N. The topological polar surface area (TPSA) is 26.0 Å². The Kier molecular flexibility index (Phi) is 327. The SMILES string of the molecule is CC.CC.CC.CC.CCC(C)C.CCCC.CN. The van der Waals surface area contributed by atoms with Crippen molar-refractivity contribution in [3.8, 4) is 0 Å². The number of unbranched alkanes of at least 4 members (excludes halogenated alkanes) is 1. The van der Waals surface area contributed by atoms with Crippen LogP contribution < -0.4 is 5.73 Å². The maximum absolute atomic E-state index is 4.50. The van der Waals surface area contributed by atoms with Crippen LogP contribution in [0.2, 0.25) is 0 Å². The molecule has 0 aromatic heterocycles. The van der Waals surface area contributed by atoms with E-state index < -0.39 is 0 Å². The van der Waals surface area contributed by atoms with Gasteiger partial charge in [-0.15, -0.1) is 0 Å². The third kappa shape index (κ3) is 522. The average molecular weight is 282 g/mol. The fraction of sp³-hybridized carbons (Fsp3) is 1.00. The molecule has 0 aliphatic carbocycles. The number of hydrogen-bond acceptors (Lipinski definition) is 1. The molecule has 0 bridgehead atoms. The summed E-state index contributed by atoms with van der Waals surface area (Å²) >= 11 is 0. The summed E-state index contributed by atoms with van der Waals surface area (Å²) in [5.74, 6) is 0.884. The van der Waals surface area contributed by atoms with Gasteiger partial charge in [0.2, 0.25) is 0 Å². The van der Waals surface area contributed by atoms with Crippen LogP contribution >= 0.6 is 0 Å². The van der Waals surface area contributed by atoms with Crippen molar-refractivity contribution in [2.75, 3.05) is 7.05 Å². The summed E-state index contributed by atoms with van der Waals surface area (Å²) in [6.45, 7) is 27.0. The monoisotopic (exact) mass is 281 g/mol. The van der Waals surface area contributed by atoms with Gasteiger partial charge in [-0.05, 0) is 13.0 Å². The van der Waals surface area contributed by atoms with Gasteiger partial charge in [0.1, 0.15) is 0 Å². The first-order valence-electron chi connectivity index (χ1n) is 8.76. The highest BCUT2D eigenvalue weighted by atomic mass is 14.4. The van der Waals surface area contributed by atoms with E-state index in [4.69, 9.17) is 0 Å². The third-order valence-corrected chi connectivity index (χ3v) is 1.32. The van der Waals surface area contributed by atoms with Crippen LogP contribution in [0.3, 0.4) is 0 Å². The Balaban J connectivity index is -0.0000000187. The van der Waals surface area contributed by atoms with Crippen LogP contribution in [0.25, 0.3) is 0 Å². The Morgan fingerprint density at radius 3 is 0.684 bits per heavy atom. The van der Waals surface area contributed by atoms with Gasteiger partial charge in [0.15, 0.2) is 0 Å². The van der Waals surface area contributed by atoms with E-state index in [0.29, 0.717) is 0 Å². The van der Waals surface area contributed by atoms with Crippen LogP contribution in [0.5, 0.6) is 0 Å². The van der Waals surface area contributed by atoms with Crippen molar-refractivity contribution in [1.82, 2.24) is 0 Å². The van der Waals surface area contributed by atoms with Crippen LogP contribution in [0.4, 0.5) is 0 Å². The molecular weight excluding hydrogens is 230 g/mol. The molecule has 2 N–H and O–H groups in total. The quantitative estimate of drug-likeness (QED) is 0.556. The largest absolute Gasteiger partial charge is 0.333 e. The van der Waals surface area contributed by atoms with Crippen LogP contribution in [0, 0.1) is 5.92 Å². The molecule has 0 aliphatic heterocycles. The lowest BCUT2D eigenvalue weighted by Gasteiger charge is -1.90. The Morgan fingerprint density at radius 1 is 0.579 bits per heavy atom. The molecule has 0 aromatic rings. The first kappa shape index (κ1) is 42.8.